The lowest BCUT2D eigenvalue weighted by molar-refractivity contribution is -0.149. The van der Waals surface area contributed by atoms with Crippen LogP contribution in [0.5, 0.6) is 0 Å². The van der Waals surface area contributed by atoms with Gasteiger partial charge in [-0.15, -0.1) is 0 Å². The lowest BCUT2D eigenvalue weighted by atomic mass is 9.97. The van der Waals surface area contributed by atoms with Gasteiger partial charge in [-0.25, -0.2) is 14.4 Å². The number of hydrogen-bond acceptors (Lipinski definition) is 5. The molecule has 5 amide bonds. The summed E-state index contributed by atoms with van der Waals surface area (Å²) in [4.78, 5) is 47.2. The van der Waals surface area contributed by atoms with Crippen LogP contribution in [0.15, 0.2) is 42.0 Å². The van der Waals surface area contributed by atoms with Crippen LogP contribution >= 0.6 is 0 Å². The lowest BCUT2D eigenvalue weighted by Crippen LogP contribution is -2.44. The van der Waals surface area contributed by atoms with Crippen LogP contribution in [0.3, 0.4) is 0 Å². The van der Waals surface area contributed by atoms with Crippen molar-refractivity contribution in [1.29, 1.82) is 0 Å². The molecular formula is C21H28N4O5. The predicted molar refractivity (Wildman–Crippen MR) is 112 cm³/mol. The Kier molecular flexibility index (Phi) is 9.36. The number of rotatable bonds is 8. The average Bonchev–Trinajstić information content (AvgIpc) is 2.73. The Morgan fingerprint density at radius 2 is 1.83 bits per heavy atom. The summed E-state index contributed by atoms with van der Waals surface area (Å²) in [7, 11) is 0. The number of anilines is 1. The maximum absolute atomic E-state index is 11.9. The molecule has 0 aliphatic heterocycles. The van der Waals surface area contributed by atoms with Gasteiger partial charge < -0.3 is 20.7 Å². The molecule has 0 saturated carbocycles. The molecule has 0 bridgehead atoms. The molecule has 1 aromatic carbocycles. The molecule has 4 N–H and O–H groups in total. The van der Waals surface area contributed by atoms with Gasteiger partial charge in [-0.1, -0.05) is 29.8 Å². The molecular weight excluding hydrogens is 388 g/mol. The largest absolute Gasteiger partial charge is 0.454 e. The van der Waals surface area contributed by atoms with E-state index in [0.29, 0.717) is 12.2 Å². The summed E-state index contributed by atoms with van der Waals surface area (Å²) >= 11 is 0. The van der Waals surface area contributed by atoms with E-state index in [1.165, 1.54) is 25.3 Å². The average molecular weight is 416 g/mol. The van der Waals surface area contributed by atoms with Crippen LogP contribution in [0.25, 0.3) is 0 Å². The van der Waals surface area contributed by atoms with Gasteiger partial charge in [0, 0.05) is 12.2 Å². The molecule has 0 unspecified atom stereocenters. The molecule has 1 aromatic rings. The fourth-order valence-electron chi connectivity index (χ4n) is 2.88. The first-order valence-corrected chi connectivity index (χ1v) is 9.99. The fourth-order valence-corrected chi connectivity index (χ4v) is 2.88. The minimum atomic E-state index is -0.973. The van der Waals surface area contributed by atoms with Crippen LogP contribution in [0.4, 0.5) is 15.3 Å². The van der Waals surface area contributed by atoms with Crippen molar-refractivity contribution < 1.29 is 23.9 Å². The molecule has 1 atom stereocenters. The third-order valence-electron chi connectivity index (χ3n) is 4.45. The van der Waals surface area contributed by atoms with E-state index in [4.69, 9.17) is 4.74 Å². The van der Waals surface area contributed by atoms with Crippen molar-refractivity contribution in [2.45, 2.75) is 45.1 Å². The number of carbonyl (C=O) groups excluding carboxylic acids is 4. The Labute approximate surface area is 175 Å². The molecule has 1 aliphatic rings. The number of ether oxygens (including phenoxy) is 1. The van der Waals surface area contributed by atoms with Gasteiger partial charge in [-0.3, -0.25) is 10.1 Å². The summed E-state index contributed by atoms with van der Waals surface area (Å²) in [6.45, 7) is 1.24. The number of allylic oxidation sites excluding steroid dienone is 1. The van der Waals surface area contributed by atoms with E-state index in [9.17, 15) is 19.2 Å². The zero-order chi connectivity index (χ0) is 21.8. The van der Waals surface area contributed by atoms with Crippen molar-refractivity contribution in [2.24, 2.45) is 0 Å². The van der Waals surface area contributed by atoms with Gasteiger partial charge in [-0.2, -0.15) is 0 Å². The molecule has 162 valence electrons. The third-order valence-corrected chi connectivity index (χ3v) is 4.45. The first-order chi connectivity index (χ1) is 14.4. The second-order valence-electron chi connectivity index (χ2n) is 6.96. The second-order valence-corrected chi connectivity index (χ2v) is 6.96. The zero-order valence-electron chi connectivity index (χ0n) is 17.0. The van der Waals surface area contributed by atoms with Crippen molar-refractivity contribution in [2.75, 3.05) is 18.5 Å². The molecule has 0 radical (unpaired) electrons. The van der Waals surface area contributed by atoms with Crippen LogP contribution in [-0.4, -0.2) is 43.1 Å². The minimum absolute atomic E-state index is 0.433. The molecule has 9 nitrogen and oxygen atoms in total. The van der Waals surface area contributed by atoms with Gasteiger partial charge >= 0.3 is 18.0 Å². The van der Waals surface area contributed by atoms with E-state index in [2.05, 4.69) is 27.3 Å². The van der Waals surface area contributed by atoms with Crippen molar-refractivity contribution in [1.82, 2.24) is 16.0 Å². The molecule has 0 aromatic heterocycles. The van der Waals surface area contributed by atoms with E-state index in [-0.39, 0.29) is 0 Å². The van der Waals surface area contributed by atoms with E-state index < -0.39 is 36.6 Å². The SMILES string of the molecule is C[C@H](NC(=O)Nc1ccccc1)C(=O)OCC(=O)NC(=O)NCCC1=CCCCC1. The maximum atomic E-state index is 11.9. The highest BCUT2D eigenvalue weighted by Gasteiger charge is 2.19. The Bertz CT molecular complexity index is 779. The number of hydrogen-bond donors (Lipinski definition) is 4. The first kappa shape index (κ1) is 22.9. The Morgan fingerprint density at radius 3 is 2.53 bits per heavy atom. The van der Waals surface area contributed by atoms with E-state index in [0.717, 1.165) is 19.3 Å². The van der Waals surface area contributed by atoms with Crippen LogP contribution in [0, 0.1) is 0 Å². The minimum Gasteiger partial charge on any atom is -0.454 e. The Hall–Kier alpha value is -3.36. The highest BCUT2D eigenvalue weighted by Crippen LogP contribution is 2.19. The highest BCUT2D eigenvalue weighted by atomic mass is 16.5. The number of nitrogens with one attached hydrogen (secondary N) is 4. The number of amides is 5. The first-order valence-electron chi connectivity index (χ1n) is 9.99. The number of para-hydroxylation sites is 1. The molecule has 0 heterocycles. The number of urea groups is 2. The van der Waals surface area contributed by atoms with Gasteiger partial charge in [-0.05, 0) is 51.2 Å². The van der Waals surface area contributed by atoms with E-state index in [1.54, 1.807) is 24.3 Å². The lowest BCUT2D eigenvalue weighted by Gasteiger charge is -2.14. The van der Waals surface area contributed by atoms with E-state index >= 15 is 0 Å². The summed E-state index contributed by atoms with van der Waals surface area (Å²) in [6, 6.07) is 6.53. The smallest absolute Gasteiger partial charge is 0.328 e. The number of imide groups is 1. The van der Waals surface area contributed by atoms with E-state index in [1.807, 2.05) is 6.07 Å². The van der Waals surface area contributed by atoms with Crippen LogP contribution in [-0.2, 0) is 14.3 Å². The maximum Gasteiger partial charge on any atom is 0.328 e. The third kappa shape index (κ3) is 8.76. The molecule has 2 rings (SSSR count). The Balaban J connectivity index is 1.60. The molecule has 0 saturated heterocycles. The molecule has 30 heavy (non-hydrogen) atoms. The number of benzene rings is 1. The zero-order valence-corrected chi connectivity index (χ0v) is 17.0. The van der Waals surface area contributed by atoms with Gasteiger partial charge in [0.1, 0.15) is 6.04 Å². The van der Waals surface area contributed by atoms with Crippen molar-refractivity contribution in [3.63, 3.8) is 0 Å². The van der Waals surface area contributed by atoms with Crippen molar-refractivity contribution >= 4 is 29.6 Å². The molecule has 0 spiro atoms. The number of carbonyl (C=O) groups is 4. The van der Waals surface area contributed by atoms with Gasteiger partial charge in [0.2, 0.25) is 0 Å². The topological polar surface area (TPSA) is 126 Å². The van der Waals surface area contributed by atoms with Crippen LogP contribution < -0.4 is 21.3 Å². The fraction of sp³-hybridized carbons (Fsp3) is 0.429. The molecule has 0 fully saturated rings. The van der Waals surface area contributed by atoms with Crippen LogP contribution in [0.1, 0.15) is 39.0 Å². The summed E-state index contributed by atoms with van der Waals surface area (Å²) in [5.41, 5.74) is 1.89. The Morgan fingerprint density at radius 1 is 1.07 bits per heavy atom. The molecule has 1 aliphatic carbocycles. The summed E-state index contributed by atoms with van der Waals surface area (Å²) in [5.74, 6) is -1.54. The number of esters is 1. The van der Waals surface area contributed by atoms with Gasteiger partial charge in [0.15, 0.2) is 6.61 Å². The van der Waals surface area contributed by atoms with Crippen LogP contribution in [0.2, 0.25) is 0 Å². The summed E-state index contributed by atoms with van der Waals surface area (Å²) < 4.78 is 4.83. The normalized spacial score (nSPS) is 14.0. The second kappa shape index (κ2) is 12.3. The standard InChI is InChI=1S/C21H28N4O5/c1-15(23-21(29)24-17-10-6-3-7-11-17)19(27)30-14-18(26)25-20(28)22-13-12-16-8-4-2-5-9-16/h3,6-8,10-11,15H,2,4-5,9,12-14H2,1H3,(H2,23,24,29)(H2,22,25,26,28)/t15-/m0/s1. The summed E-state index contributed by atoms with van der Waals surface area (Å²) in [6.07, 6.45) is 7.45. The van der Waals surface area contributed by atoms with Crippen molar-refractivity contribution in [3.05, 3.63) is 42.0 Å². The quantitative estimate of drug-likeness (QED) is 0.383. The van der Waals surface area contributed by atoms with Crippen molar-refractivity contribution in [3.8, 4) is 0 Å². The molecule has 9 heteroatoms. The monoisotopic (exact) mass is 416 g/mol. The predicted octanol–water partition coefficient (Wildman–Crippen LogP) is 2.46. The summed E-state index contributed by atoms with van der Waals surface area (Å²) in [5, 5.41) is 9.68. The van der Waals surface area contributed by atoms with Gasteiger partial charge in [0.05, 0.1) is 0 Å². The highest BCUT2D eigenvalue weighted by molar-refractivity contribution is 5.96. The van der Waals surface area contributed by atoms with Gasteiger partial charge in [0.25, 0.3) is 5.91 Å².